The molecule has 3 rings (SSSR count). The molecule has 6 heteroatoms. The number of aryl methyl sites for hydroxylation is 1. The van der Waals surface area contributed by atoms with Crippen LogP contribution in [0, 0.1) is 12.7 Å². The summed E-state index contributed by atoms with van der Waals surface area (Å²) in [4.78, 5) is 21.0. The van der Waals surface area contributed by atoms with E-state index < -0.39 is 0 Å². The number of amides is 1. The van der Waals surface area contributed by atoms with E-state index in [1.807, 2.05) is 0 Å². The van der Waals surface area contributed by atoms with Gasteiger partial charge < -0.3 is 5.32 Å². The first kappa shape index (κ1) is 14.3. The van der Waals surface area contributed by atoms with Gasteiger partial charge in [-0.15, -0.1) is 11.3 Å². The fraction of sp³-hybridized carbons (Fsp3) is 0.0625. The van der Waals surface area contributed by atoms with E-state index in [9.17, 15) is 9.18 Å². The van der Waals surface area contributed by atoms with Crippen molar-refractivity contribution in [2.45, 2.75) is 6.92 Å². The maximum atomic E-state index is 13.8. The molecule has 0 saturated carbocycles. The van der Waals surface area contributed by atoms with Gasteiger partial charge in [-0.2, -0.15) is 0 Å². The molecule has 22 heavy (non-hydrogen) atoms. The quantitative estimate of drug-likeness (QED) is 0.797. The van der Waals surface area contributed by atoms with Crippen LogP contribution in [-0.4, -0.2) is 15.9 Å². The van der Waals surface area contributed by atoms with Gasteiger partial charge in [-0.05, 0) is 31.2 Å². The van der Waals surface area contributed by atoms with Crippen LogP contribution in [-0.2, 0) is 0 Å². The van der Waals surface area contributed by atoms with Crippen LogP contribution < -0.4 is 5.32 Å². The van der Waals surface area contributed by atoms with Crippen molar-refractivity contribution in [2.75, 3.05) is 5.32 Å². The third-order valence-corrected chi connectivity index (χ3v) is 4.23. The number of hydrogen-bond donors (Lipinski definition) is 1. The Morgan fingerprint density at radius 1 is 1.18 bits per heavy atom. The average molecular weight is 313 g/mol. The zero-order valence-electron chi connectivity index (χ0n) is 11.7. The summed E-state index contributed by atoms with van der Waals surface area (Å²) in [5.41, 5.74) is 1.63. The van der Waals surface area contributed by atoms with Gasteiger partial charge in [-0.25, -0.2) is 9.37 Å². The molecule has 2 heterocycles. The molecule has 1 N–H and O–H groups in total. The maximum Gasteiger partial charge on any atom is 0.267 e. The largest absolute Gasteiger partial charge is 0.321 e. The summed E-state index contributed by atoms with van der Waals surface area (Å²) in [6.07, 6.45) is 3.19. The van der Waals surface area contributed by atoms with Crippen molar-refractivity contribution >= 4 is 22.9 Å². The van der Waals surface area contributed by atoms with E-state index in [0.29, 0.717) is 26.8 Å². The first-order chi connectivity index (χ1) is 10.6. The predicted molar refractivity (Wildman–Crippen MR) is 84.4 cm³/mol. The van der Waals surface area contributed by atoms with E-state index >= 15 is 0 Å². The highest BCUT2D eigenvalue weighted by Crippen LogP contribution is 2.30. The van der Waals surface area contributed by atoms with Gasteiger partial charge in [-0.3, -0.25) is 9.78 Å². The number of rotatable bonds is 3. The van der Waals surface area contributed by atoms with Gasteiger partial charge in [0, 0.05) is 23.6 Å². The lowest BCUT2D eigenvalue weighted by atomic mass is 10.2. The molecule has 1 aromatic carbocycles. The highest BCUT2D eigenvalue weighted by atomic mass is 32.1. The third kappa shape index (κ3) is 2.87. The number of anilines is 1. The lowest BCUT2D eigenvalue weighted by molar-refractivity contribution is 0.103. The van der Waals surface area contributed by atoms with Crippen LogP contribution in [0.1, 0.15) is 15.4 Å². The van der Waals surface area contributed by atoms with Crippen molar-refractivity contribution in [2.24, 2.45) is 0 Å². The highest BCUT2D eigenvalue weighted by molar-refractivity contribution is 7.17. The maximum absolute atomic E-state index is 13.8. The van der Waals surface area contributed by atoms with E-state index in [1.54, 1.807) is 49.6 Å². The normalized spacial score (nSPS) is 10.5. The molecule has 0 spiro atoms. The molecule has 3 aromatic rings. The van der Waals surface area contributed by atoms with Crippen LogP contribution in [0.3, 0.4) is 0 Å². The topological polar surface area (TPSA) is 54.9 Å². The highest BCUT2D eigenvalue weighted by Gasteiger charge is 2.17. The Labute approximate surface area is 130 Å². The van der Waals surface area contributed by atoms with E-state index in [4.69, 9.17) is 0 Å². The second-order valence-electron chi connectivity index (χ2n) is 4.60. The Morgan fingerprint density at radius 3 is 2.64 bits per heavy atom. The first-order valence-electron chi connectivity index (χ1n) is 6.59. The van der Waals surface area contributed by atoms with Crippen molar-refractivity contribution < 1.29 is 9.18 Å². The van der Waals surface area contributed by atoms with Gasteiger partial charge in [0.15, 0.2) is 0 Å². The Kier molecular flexibility index (Phi) is 3.93. The lowest BCUT2D eigenvalue weighted by Crippen LogP contribution is -2.11. The minimum absolute atomic E-state index is 0.260. The van der Waals surface area contributed by atoms with E-state index in [2.05, 4.69) is 15.3 Å². The SMILES string of the molecule is Cc1nc(-c2ccccc2F)sc1C(=O)Nc1ccncc1. The van der Waals surface area contributed by atoms with Crippen LogP contribution in [0.2, 0.25) is 0 Å². The van der Waals surface area contributed by atoms with Crippen LogP contribution in [0.5, 0.6) is 0 Å². The number of thiazole rings is 1. The van der Waals surface area contributed by atoms with Crippen LogP contribution in [0.25, 0.3) is 10.6 Å². The van der Waals surface area contributed by atoms with Gasteiger partial charge in [0.05, 0.1) is 5.69 Å². The number of carbonyl (C=O) groups is 1. The smallest absolute Gasteiger partial charge is 0.267 e. The Hall–Kier alpha value is -2.60. The van der Waals surface area contributed by atoms with Crippen molar-refractivity contribution in [3.8, 4) is 10.6 Å². The van der Waals surface area contributed by atoms with Crippen molar-refractivity contribution in [3.05, 3.63) is 65.2 Å². The molecular formula is C16H12FN3OS. The minimum atomic E-state index is -0.350. The second kappa shape index (κ2) is 6.03. The summed E-state index contributed by atoms with van der Waals surface area (Å²) in [6, 6.07) is 9.79. The summed E-state index contributed by atoms with van der Waals surface area (Å²) in [5, 5.41) is 3.27. The Balaban J connectivity index is 1.90. The van der Waals surface area contributed by atoms with Crippen LogP contribution in [0.15, 0.2) is 48.8 Å². The summed E-state index contributed by atoms with van der Waals surface area (Å²) >= 11 is 1.18. The van der Waals surface area contributed by atoms with E-state index in [-0.39, 0.29) is 11.7 Å². The van der Waals surface area contributed by atoms with Crippen molar-refractivity contribution in [1.82, 2.24) is 9.97 Å². The number of pyridine rings is 1. The van der Waals surface area contributed by atoms with Crippen molar-refractivity contribution in [1.29, 1.82) is 0 Å². The molecule has 0 aliphatic carbocycles. The second-order valence-corrected chi connectivity index (χ2v) is 5.60. The van der Waals surface area contributed by atoms with Crippen LogP contribution >= 0.6 is 11.3 Å². The number of nitrogens with one attached hydrogen (secondary N) is 1. The molecule has 0 fully saturated rings. The Morgan fingerprint density at radius 2 is 1.91 bits per heavy atom. The summed E-state index contributed by atoms with van der Waals surface area (Å²) in [5.74, 6) is -0.610. The number of nitrogens with zero attached hydrogens (tertiary/aromatic N) is 2. The molecule has 0 saturated heterocycles. The molecule has 110 valence electrons. The molecular weight excluding hydrogens is 301 g/mol. The molecule has 2 aromatic heterocycles. The Bertz CT molecular complexity index is 817. The summed E-state index contributed by atoms with van der Waals surface area (Å²) < 4.78 is 13.8. The van der Waals surface area contributed by atoms with E-state index in [0.717, 1.165) is 0 Å². The van der Waals surface area contributed by atoms with Gasteiger partial charge >= 0.3 is 0 Å². The molecule has 1 amide bonds. The zero-order valence-corrected chi connectivity index (χ0v) is 12.5. The fourth-order valence-electron chi connectivity index (χ4n) is 1.98. The van der Waals surface area contributed by atoms with Gasteiger partial charge in [0.25, 0.3) is 5.91 Å². The summed E-state index contributed by atoms with van der Waals surface area (Å²) in [6.45, 7) is 1.74. The van der Waals surface area contributed by atoms with Gasteiger partial charge in [-0.1, -0.05) is 12.1 Å². The lowest BCUT2D eigenvalue weighted by Gasteiger charge is -2.02. The number of carbonyl (C=O) groups excluding carboxylic acids is 1. The monoisotopic (exact) mass is 313 g/mol. The third-order valence-electron chi connectivity index (χ3n) is 3.05. The van der Waals surface area contributed by atoms with Crippen molar-refractivity contribution in [3.63, 3.8) is 0 Å². The van der Waals surface area contributed by atoms with Crippen LogP contribution in [0.4, 0.5) is 10.1 Å². The average Bonchev–Trinajstić information content (AvgIpc) is 2.90. The molecule has 0 radical (unpaired) electrons. The predicted octanol–water partition coefficient (Wildman–Crippen LogP) is 3.90. The number of halogens is 1. The number of benzene rings is 1. The number of aromatic nitrogens is 2. The van der Waals surface area contributed by atoms with Gasteiger partial charge in [0.2, 0.25) is 0 Å². The molecule has 0 atom stereocenters. The zero-order chi connectivity index (χ0) is 15.5. The standard InChI is InChI=1S/C16H12FN3OS/c1-10-14(15(21)20-11-6-8-18-9-7-11)22-16(19-10)12-4-2-3-5-13(12)17/h2-9H,1H3,(H,18,20,21). The van der Waals surface area contributed by atoms with E-state index in [1.165, 1.54) is 17.4 Å². The fourth-order valence-corrected chi connectivity index (χ4v) is 2.97. The van der Waals surface area contributed by atoms with Gasteiger partial charge in [0.1, 0.15) is 15.7 Å². The molecule has 0 aliphatic heterocycles. The molecule has 0 aliphatic rings. The first-order valence-corrected chi connectivity index (χ1v) is 7.40. The minimum Gasteiger partial charge on any atom is -0.321 e. The number of hydrogen-bond acceptors (Lipinski definition) is 4. The molecule has 4 nitrogen and oxygen atoms in total. The molecule has 0 bridgehead atoms. The summed E-state index contributed by atoms with van der Waals surface area (Å²) in [7, 11) is 0. The molecule has 0 unspecified atom stereocenters.